The predicted octanol–water partition coefficient (Wildman–Crippen LogP) is 2.39. The van der Waals surface area contributed by atoms with E-state index < -0.39 is 28.5 Å². The van der Waals surface area contributed by atoms with E-state index in [1.807, 2.05) is 13.0 Å². The van der Waals surface area contributed by atoms with Crippen molar-refractivity contribution in [3.8, 4) is 0 Å². The molecule has 1 amide bonds. The van der Waals surface area contributed by atoms with Crippen LogP contribution >= 0.6 is 0 Å². The molecule has 0 unspecified atom stereocenters. The van der Waals surface area contributed by atoms with E-state index in [0.717, 1.165) is 20.2 Å². The summed E-state index contributed by atoms with van der Waals surface area (Å²) in [5.74, 6) is -1.30. The second kappa shape index (κ2) is 7.62. The van der Waals surface area contributed by atoms with E-state index >= 15 is 0 Å². The fraction of sp³-hybridized carbons (Fsp3) is 0.235. The molecule has 0 bridgehead atoms. The van der Waals surface area contributed by atoms with Gasteiger partial charge in [-0.3, -0.25) is 4.79 Å². The molecular formula is C17H20FN3O3S. The van der Waals surface area contributed by atoms with Crippen LogP contribution in [0.4, 0.5) is 15.8 Å². The minimum Gasteiger partial charge on any atom is -0.325 e. The molecule has 8 heteroatoms. The van der Waals surface area contributed by atoms with Crippen LogP contribution < -0.4 is 9.62 Å². The number of benzene rings is 2. The summed E-state index contributed by atoms with van der Waals surface area (Å²) in [5, 5.41) is 2.63. The summed E-state index contributed by atoms with van der Waals surface area (Å²) in [6, 6.07) is 12.5. The lowest BCUT2D eigenvalue weighted by Crippen LogP contribution is -2.44. The largest absolute Gasteiger partial charge is 0.325 e. The predicted molar refractivity (Wildman–Crippen MR) is 96.2 cm³/mol. The Morgan fingerprint density at radius 1 is 1.12 bits per heavy atom. The number of hydrogen-bond acceptors (Lipinski definition) is 3. The number of halogens is 1. The average Bonchev–Trinajstić information content (AvgIpc) is 2.53. The van der Waals surface area contributed by atoms with Crippen LogP contribution in [0.3, 0.4) is 0 Å². The van der Waals surface area contributed by atoms with E-state index in [2.05, 4.69) is 5.32 Å². The third-order valence-corrected chi connectivity index (χ3v) is 5.26. The first-order valence-electron chi connectivity index (χ1n) is 7.53. The molecule has 2 rings (SSSR count). The Kier molecular flexibility index (Phi) is 5.76. The summed E-state index contributed by atoms with van der Waals surface area (Å²) in [6.07, 6.45) is 0. The third-order valence-electron chi connectivity index (χ3n) is 3.45. The van der Waals surface area contributed by atoms with Crippen molar-refractivity contribution in [2.24, 2.45) is 0 Å². The number of carbonyl (C=O) groups excluding carboxylic acids is 1. The number of nitrogens with zero attached hydrogens (tertiary/aromatic N) is 2. The second-order valence-corrected chi connectivity index (χ2v) is 7.73. The zero-order valence-electron chi connectivity index (χ0n) is 14.2. The average molecular weight is 365 g/mol. The molecule has 25 heavy (non-hydrogen) atoms. The van der Waals surface area contributed by atoms with Crippen LogP contribution in [0.25, 0.3) is 0 Å². The molecule has 0 aliphatic carbocycles. The molecule has 0 saturated carbocycles. The van der Waals surface area contributed by atoms with Gasteiger partial charge in [-0.15, -0.1) is 0 Å². The number of rotatable bonds is 6. The standard InChI is InChI=1S/C17H20FN3O3S/c1-13-7-6-8-14(11-13)19-17(22)12-21(25(23,24)20(2)3)16-10-5-4-9-15(16)18/h4-11H,12H2,1-3H3,(H,19,22). The highest BCUT2D eigenvalue weighted by molar-refractivity contribution is 7.90. The van der Waals surface area contributed by atoms with E-state index in [1.54, 1.807) is 18.2 Å². The summed E-state index contributed by atoms with van der Waals surface area (Å²) in [7, 11) is -1.40. The van der Waals surface area contributed by atoms with Gasteiger partial charge in [0, 0.05) is 19.8 Å². The van der Waals surface area contributed by atoms with Gasteiger partial charge in [0.1, 0.15) is 12.4 Å². The quantitative estimate of drug-likeness (QED) is 0.855. The molecule has 6 nitrogen and oxygen atoms in total. The zero-order chi connectivity index (χ0) is 18.6. The Hall–Kier alpha value is -2.45. The highest BCUT2D eigenvalue weighted by atomic mass is 32.2. The summed E-state index contributed by atoms with van der Waals surface area (Å²) < 4.78 is 40.8. The molecule has 0 aliphatic heterocycles. The Morgan fingerprint density at radius 2 is 1.80 bits per heavy atom. The van der Waals surface area contributed by atoms with Gasteiger partial charge in [0.15, 0.2) is 0 Å². The van der Waals surface area contributed by atoms with Crippen LogP contribution in [0.5, 0.6) is 0 Å². The number of anilines is 2. The summed E-state index contributed by atoms with van der Waals surface area (Å²) in [6.45, 7) is 1.33. The zero-order valence-corrected chi connectivity index (χ0v) is 15.0. The van der Waals surface area contributed by atoms with Crippen LogP contribution in [0.15, 0.2) is 48.5 Å². The molecule has 1 N–H and O–H groups in total. The molecule has 0 spiro atoms. The maximum absolute atomic E-state index is 14.1. The van der Waals surface area contributed by atoms with Gasteiger partial charge in [-0.1, -0.05) is 24.3 Å². The molecule has 0 saturated heterocycles. The molecule has 2 aromatic carbocycles. The lowest BCUT2D eigenvalue weighted by atomic mass is 10.2. The molecule has 0 aliphatic rings. The number of para-hydroxylation sites is 1. The van der Waals surface area contributed by atoms with Crippen molar-refractivity contribution in [1.82, 2.24) is 4.31 Å². The topological polar surface area (TPSA) is 69.7 Å². The van der Waals surface area contributed by atoms with Gasteiger partial charge in [-0.05, 0) is 36.8 Å². The van der Waals surface area contributed by atoms with Crippen LogP contribution in [0.2, 0.25) is 0 Å². The maximum atomic E-state index is 14.1. The summed E-state index contributed by atoms with van der Waals surface area (Å²) in [4.78, 5) is 12.3. The van der Waals surface area contributed by atoms with E-state index in [0.29, 0.717) is 5.69 Å². The van der Waals surface area contributed by atoms with Crippen molar-refractivity contribution in [2.45, 2.75) is 6.92 Å². The fourth-order valence-electron chi connectivity index (χ4n) is 2.20. The maximum Gasteiger partial charge on any atom is 0.304 e. The monoisotopic (exact) mass is 365 g/mol. The molecule has 0 radical (unpaired) electrons. The highest BCUT2D eigenvalue weighted by Crippen LogP contribution is 2.23. The van der Waals surface area contributed by atoms with Gasteiger partial charge < -0.3 is 5.32 Å². The Morgan fingerprint density at radius 3 is 2.40 bits per heavy atom. The van der Waals surface area contributed by atoms with E-state index in [4.69, 9.17) is 0 Å². The first-order valence-corrected chi connectivity index (χ1v) is 8.93. The molecule has 0 heterocycles. The van der Waals surface area contributed by atoms with E-state index in [-0.39, 0.29) is 5.69 Å². The lowest BCUT2D eigenvalue weighted by Gasteiger charge is -2.27. The molecule has 0 aromatic heterocycles. The lowest BCUT2D eigenvalue weighted by molar-refractivity contribution is -0.114. The smallest absolute Gasteiger partial charge is 0.304 e. The normalized spacial score (nSPS) is 11.4. The van der Waals surface area contributed by atoms with E-state index in [1.165, 1.54) is 32.3 Å². The molecular weight excluding hydrogens is 345 g/mol. The third kappa shape index (κ3) is 4.55. The molecule has 0 atom stereocenters. The molecule has 2 aromatic rings. The van der Waals surface area contributed by atoms with Crippen LogP contribution in [-0.2, 0) is 15.0 Å². The van der Waals surface area contributed by atoms with Crippen molar-refractivity contribution >= 4 is 27.5 Å². The van der Waals surface area contributed by atoms with E-state index in [9.17, 15) is 17.6 Å². The van der Waals surface area contributed by atoms with Gasteiger partial charge in [0.25, 0.3) is 0 Å². The second-order valence-electron chi connectivity index (χ2n) is 5.67. The summed E-state index contributed by atoms with van der Waals surface area (Å²) in [5.41, 5.74) is 1.31. The van der Waals surface area contributed by atoms with Gasteiger partial charge >= 0.3 is 10.2 Å². The van der Waals surface area contributed by atoms with Crippen molar-refractivity contribution in [2.75, 3.05) is 30.3 Å². The van der Waals surface area contributed by atoms with Crippen LogP contribution in [0, 0.1) is 12.7 Å². The van der Waals surface area contributed by atoms with Gasteiger partial charge in [0.2, 0.25) is 5.91 Å². The van der Waals surface area contributed by atoms with Gasteiger partial charge in [-0.25, -0.2) is 8.70 Å². The number of amides is 1. The molecule has 134 valence electrons. The number of nitrogens with one attached hydrogen (secondary N) is 1. The minimum absolute atomic E-state index is 0.185. The Balaban J connectivity index is 2.31. The van der Waals surface area contributed by atoms with Crippen molar-refractivity contribution in [3.05, 3.63) is 59.9 Å². The molecule has 0 fully saturated rings. The van der Waals surface area contributed by atoms with Crippen LogP contribution in [0.1, 0.15) is 5.56 Å². The van der Waals surface area contributed by atoms with Crippen molar-refractivity contribution in [3.63, 3.8) is 0 Å². The van der Waals surface area contributed by atoms with Gasteiger partial charge in [0.05, 0.1) is 5.69 Å². The Labute approximate surface area is 147 Å². The highest BCUT2D eigenvalue weighted by Gasteiger charge is 2.29. The minimum atomic E-state index is -4.04. The van der Waals surface area contributed by atoms with Crippen LogP contribution in [-0.4, -0.2) is 39.3 Å². The number of carbonyl (C=O) groups is 1. The SMILES string of the molecule is Cc1cccc(NC(=O)CN(c2ccccc2F)S(=O)(=O)N(C)C)c1. The van der Waals surface area contributed by atoms with Crippen molar-refractivity contribution in [1.29, 1.82) is 0 Å². The first-order chi connectivity index (χ1) is 11.7. The Bertz CT molecular complexity index is 869. The van der Waals surface area contributed by atoms with Crippen molar-refractivity contribution < 1.29 is 17.6 Å². The summed E-state index contributed by atoms with van der Waals surface area (Å²) >= 11 is 0. The first kappa shape index (κ1) is 18.9. The number of hydrogen-bond donors (Lipinski definition) is 1. The fourth-order valence-corrected chi connectivity index (χ4v) is 3.27. The van der Waals surface area contributed by atoms with Gasteiger partial charge in [-0.2, -0.15) is 12.7 Å². The number of aryl methyl sites for hydroxylation is 1.